The summed E-state index contributed by atoms with van der Waals surface area (Å²) in [5.41, 5.74) is 1.38. The van der Waals surface area contributed by atoms with E-state index in [9.17, 15) is 0 Å². The Hall–Kier alpha value is -0.0100. The molecule has 1 aromatic rings. The van der Waals surface area contributed by atoms with Crippen molar-refractivity contribution in [1.29, 1.82) is 0 Å². The minimum Gasteiger partial charge on any atom is -0.127 e. The molecule has 2 heteroatoms. The van der Waals surface area contributed by atoms with Crippen molar-refractivity contribution >= 4 is 27.5 Å². The molecule has 12 heavy (non-hydrogen) atoms. The third-order valence-electron chi connectivity index (χ3n) is 1.79. The first-order valence-corrected chi connectivity index (χ1v) is 5.46. The largest absolute Gasteiger partial charge is 0.127 e. The van der Waals surface area contributed by atoms with Gasteiger partial charge in [-0.15, -0.1) is 11.6 Å². The van der Waals surface area contributed by atoms with Gasteiger partial charge in [0.05, 0.1) is 0 Å². The van der Waals surface area contributed by atoms with Crippen molar-refractivity contribution in [3.63, 3.8) is 0 Å². The molecule has 0 saturated heterocycles. The van der Waals surface area contributed by atoms with Gasteiger partial charge < -0.3 is 0 Å². The lowest BCUT2D eigenvalue weighted by Gasteiger charge is -2.01. The molecule has 0 fully saturated rings. The second-order valence-corrected chi connectivity index (χ2v) is 3.97. The lowest BCUT2D eigenvalue weighted by Crippen LogP contribution is -1.87. The fraction of sp³-hybridized carbons (Fsp3) is 0.400. The molecule has 0 N–H and O–H groups in total. The second-order valence-electron chi connectivity index (χ2n) is 2.74. The zero-order valence-electron chi connectivity index (χ0n) is 6.89. The van der Waals surface area contributed by atoms with E-state index in [0.717, 1.165) is 18.7 Å². The predicted molar refractivity (Wildman–Crippen MR) is 57.8 cm³/mol. The molecule has 0 radical (unpaired) electrons. The monoisotopic (exact) mass is 246 g/mol. The minimum absolute atomic E-state index is 0.768. The third kappa shape index (κ3) is 3.16. The van der Waals surface area contributed by atoms with E-state index in [0.29, 0.717) is 0 Å². The molecule has 1 aromatic carbocycles. The lowest BCUT2D eigenvalue weighted by atomic mass is 10.1. The molecule has 1 rings (SSSR count). The van der Waals surface area contributed by atoms with Crippen LogP contribution in [0.5, 0.6) is 0 Å². The molecule has 0 aliphatic heterocycles. The summed E-state index contributed by atoms with van der Waals surface area (Å²) in [6, 6.07) is 8.34. The van der Waals surface area contributed by atoms with Gasteiger partial charge in [0.25, 0.3) is 0 Å². The number of hydrogen-bond acceptors (Lipinski definition) is 0. The van der Waals surface area contributed by atoms with Crippen molar-refractivity contribution in [3.8, 4) is 0 Å². The van der Waals surface area contributed by atoms with Gasteiger partial charge in [-0.05, 0) is 30.9 Å². The van der Waals surface area contributed by atoms with Crippen molar-refractivity contribution in [1.82, 2.24) is 0 Å². The molecule has 0 saturated carbocycles. The number of hydrogen-bond donors (Lipinski definition) is 0. The van der Waals surface area contributed by atoms with Crippen molar-refractivity contribution in [2.45, 2.75) is 19.3 Å². The quantitative estimate of drug-likeness (QED) is 0.557. The van der Waals surface area contributed by atoms with Gasteiger partial charge in [-0.3, -0.25) is 0 Å². The molecular formula is C10H12BrCl. The highest BCUT2D eigenvalue weighted by Gasteiger charge is 1.96. The summed E-state index contributed by atoms with van der Waals surface area (Å²) in [6.07, 6.45) is 3.39. The number of aryl methyl sites for hydroxylation is 1. The Kier molecular flexibility index (Phi) is 4.70. The third-order valence-corrected chi connectivity index (χ3v) is 2.83. The van der Waals surface area contributed by atoms with Crippen molar-refractivity contribution in [2.75, 3.05) is 5.88 Å². The first-order chi connectivity index (χ1) is 5.84. The van der Waals surface area contributed by atoms with Gasteiger partial charge in [0, 0.05) is 10.4 Å². The van der Waals surface area contributed by atoms with Crippen molar-refractivity contribution in [2.24, 2.45) is 0 Å². The van der Waals surface area contributed by atoms with Gasteiger partial charge >= 0.3 is 0 Å². The highest BCUT2D eigenvalue weighted by molar-refractivity contribution is 9.10. The molecule has 0 nitrogen and oxygen atoms in total. The Morgan fingerprint density at radius 2 is 1.92 bits per heavy atom. The average molecular weight is 248 g/mol. The van der Waals surface area contributed by atoms with E-state index in [2.05, 4.69) is 34.1 Å². The summed E-state index contributed by atoms with van der Waals surface area (Å²) in [5.74, 6) is 0.768. The van der Waals surface area contributed by atoms with Crippen LogP contribution in [0.1, 0.15) is 18.4 Å². The Morgan fingerprint density at radius 3 is 2.58 bits per heavy atom. The summed E-state index contributed by atoms with van der Waals surface area (Å²) in [6.45, 7) is 0. The normalized spacial score (nSPS) is 10.2. The van der Waals surface area contributed by atoms with Crippen LogP contribution in [0.4, 0.5) is 0 Å². The summed E-state index contributed by atoms with van der Waals surface area (Å²) in [4.78, 5) is 0. The number of rotatable bonds is 4. The summed E-state index contributed by atoms with van der Waals surface area (Å²) < 4.78 is 1.21. The Labute approximate surface area is 87.1 Å². The molecule has 66 valence electrons. The van der Waals surface area contributed by atoms with Crippen molar-refractivity contribution in [3.05, 3.63) is 34.3 Å². The van der Waals surface area contributed by atoms with E-state index >= 15 is 0 Å². The van der Waals surface area contributed by atoms with Crippen molar-refractivity contribution < 1.29 is 0 Å². The van der Waals surface area contributed by atoms with E-state index in [1.165, 1.54) is 16.5 Å². The minimum atomic E-state index is 0.768. The molecule has 0 atom stereocenters. The first kappa shape index (κ1) is 10.1. The van der Waals surface area contributed by atoms with Crippen LogP contribution in [0.15, 0.2) is 28.7 Å². The van der Waals surface area contributed by atoms with E-state index in [1.54, 1.807) is 0 Å². The average Bonchev–Trinajstić information content (AvgIpc) is 2.09. The molecule has 0 bridgehead atoms. The zero-order chi connectivity index (χ0) is 8.81. The molecule has 0 aliphatic carbocycles. The van der Waals surface area contributed by atoms with Gasteiger partial charge in [-0.25, -0.2) is 0 Å². The van der Waals surface area contributed by atoms with Crippen LogP contribution >= 0.6 is 27.5 Å². The molecule has 0 aromatic heterocycles. The van der Waals surface area contributed by atoms with Crippen LogP contribution in [0.25, 0.3) is 0 Å². The molecule has 0 spiro atoms. The topological polar surface area (TPSA) is 0 Å². The van der Waals surface area contributed by atoms with Gasteiger partial charge in [0.15, 0.2) is 0 Å². The van der Waals surface area contributed by atoms with Crippen LogP contribution in [-0.4, -0.2) is 5.88 Å². The Morgan fingerprint density at radius 1 is 1.17 bits per heavy atom. The van der Waals surface area contributed by atoms with Gasteiger partial charge in [0.1, 0.15) is 0 Å². The number of halogens is 2. The smallest absolute Gasteiger partial charge is 0.0223 e. The molecule has 0 aliphatic rings. The summed E-state index contributed by atoms with van der Waals surface area (Å²) in [5, 5.41) is 0. The second kappa shape index (κ2) is 5.60. The molecule has 0 heterocycles. The van der Waals surface area contributed by atoms with Crippen LogP contribution in [-0.2, 0) is 6.42 Å². The Balaban J connectivity index is 2.46. The van der Waals surface area contributed by atoms with Gasteiger partial charge in [-0.1, -0.05) is 34.1 Å². The summed E-state index contributed by atoms with van der Waals surface area (Å²) in [7, 11) is 0. The predicted octanol–water partition coefficient (Wildman–Crippen LogP) is 4.01. The molecular weight excluding hydrogens is 235 g/mol. The fourth-order valence-corrected chi connectivity index (χ4v) is 1.78. The zero-order valence-corrected chi connectivity index (χ0v) is 9.24. The van der Waals surface area contributed by atoms with Gasteiger partial charge in [0.2, 0.25) is 0 Å². The number of alkyl halides is 1. The number of benzene rings is 1. The fourth-order valence-electron chi connectivity index (χ4n) is 1.11. The van der Waals surface area contributed by atoms with Gasteiger partial charge in [-0.2, -0.15) is 0 Å². The SMILES string of the molecule is ClCCCCc1ccccc1Br. The maximum Gasteiger partial charge on any atom is 0.0223 e. The summed E-state index contributed by atoms with van der Waals surface area (Å²) >= 11 is 9.11. The van der Waals surface area contributed by atoms with E-state index in [4.69, 9.17) is 11.6 Å². The Bertz CT molecular complexity index is 235. The number of unbranched alkanes of at least 4 members (excludes halogenated alkanes) is 1. The van der Waals surface area contributed by atoms with E-state index < -0.39 is 0 Å². The first-order valence-electron chi connectivity index (χ1n) is 4.14. The van der Waals surface area contributed by atoms with Crippen LogP contribution in [0.2, 0.25) is 0 Å². The van der Waals surface area contributed by atoms with Crippen LogP contribution in [0.3, 0.4) is 0 Å². The van der Waals surface area contributed by atoms with Crippen LogP contribution in [0, 0.1) is 0 Å². The molecule has 0 unspecified atom stereocenters. The molecule has 0 amide bonds. The highest BCUT2D eigenvalue weighted by atomic mass is 79.9. The maximum absolute atomic E-state index is 5.60. The standard InChI is InChI=1S/C10H12BrCl/c11-10-7-2-1-5-9(10)6-3-4-8-12/h1-2,5,7H,3-4,6,8H2. The van der Waals surface area contributed by atoms with E-state index in [1.807, 2.05) is 6.07 Å². The highest BCUT2D eigenvalue weighted by Crippen LogP contribution is 2.17. The van der Waals surface area contributed by atoms with E-state index in [-0.39, 0.29) is 0 Å². The maximum atomic E-state index is 5.60. The lowest BCUT2D eigenvalue weighted by molar-refractivity contribution is 0.797. The van der Waals surface area contributed by atoms with Crippen LogP contribution < -0.4 is 0 Å².